The summed E-state index contributed by atoms with van der Waals surface area (Å²) in [6.07, 6.45) is 3.82. The van der Waals surface area contributed by atoms with Crippen molar-refractivity contribution >= 4 is 22.0 Å². The summed E-state index contributed by atoms with van der Waals surface area (Å²) in [4.78, 5) is 14.5. The first-order chi connectivity index (χ1) is 8.66. The van der Waals surface area contributed by atoms with E-state index in [1.807, 2.05) is 72.2 Å². The van der Waals surface area contributed by atoms with Crippen molar-refractivity contribution in [3.63, 3.8) is 0 Å². The van der Waals surface area contributed by atoms with Crippen LogP contribution in [0.3, 0.4) is 0 Å². The van der Waals surface area contributed by atoms with Crippen LogP contribution in [0, 0.1) is 0 Å². The fraction of sp³-hybridized carbons (Fsp3) is 0.133. The third kappa shape index (κ3) is 1.56. The zero-order valence-electron chi connectivity index (χ0n) is 10.4. The molecule has 0 radical (unpaired) electrons. The minimum Gasteiger partial charge on any atom is -0.378 e. The van der Waals surface area contributed by atoms with Crippen LogP contribution in [0.5, 0.6) is 0 Å². The second-order valence-corrected chi connectivity index (χ2v) is 4.61. The van der Waals surface area contributed by atoms with E-state index in [0.29, 0.717) is 5.52 Å². The van der Waals surface area contributed by atoms with Gasteiger partial charge in [-0.25, -0.2) is 0 Å². The van der Waals surface area contributed by atoms with Crippen LogP contribution < -0.4 is 10.3 Å². The number of hydrogen-bond acceptors (Lipinski definition) is 2. The van der Waals surface area contributed by atoms with E-state index in [2.05, 4.69) is 0 Å². The summed E-state index contributed by atoms with van der Waals surface area (Å²) >= 11 is 0. The maximum Gasteiger partial charge on any atom is 0.210 e. The van der Waals surface area contributed by atoms with Gasteiger partial charge < -0.3 is 9.30 Å². The van der Waals surface area contributed by atoms with E-state index in [1.165, 1.54) is 0 Å². The van der Waals surface area contributed by atoms with E-state index in [9.17, 15) is 4.79 Å². The summed E-state index contributed by atoms with van der Waals surface area (Å²) in [5.74, 6) is 0. The van der Waals surface area contributed by atoms with Crippen molar-refractivity contribution in [2.24, 2.45) is 0 Å². The van der Waals surface area contributed by atoms with Gasteiger partial charge in [-0.3, -0.25) is 4.79 Å². The van der Waals surface area contributed by atoms with Crippen molar-refractivity contribution in [3.05, 3.63) is 59.0 Å². The van der Waals surface area contributed by atoms with Crippen LogP contribution in [0.2, 0.25) is 0 Å². The van der Waals surface area contributed by atoms with Crippen LogP contribution in [0.1, 0.15) is 0 Å². The maximum absolute atomic E-state index is 12.5. The van der Waals surface area contributed by atoms with Gasteiger partial charge in [-0.1, -0.05) is 6.07 Å². The molecule has 0 aliphatic carbocycles. The topological polar surface area (TPSA) is 24.7 Å². The fourth-order valence-electron chi connectivity index (χ4n) is 2.18. The maximum atomic E-state index is 12.5. The lowest BCUT2D eigenvalue weighted by atomic mass is 10.1. The first kappa shape index (κ1) is 10.8. The predicted molar refractivity (Wildman–Crippen MR) is 75.5 cm³/mol. The highest BCUT2D eigenvalue weighted by molar-refractivity contribution is 5.87. The molecule has 0 saturated carbocycles. The van der Waals surface area contributed by atoms with Crippen molar-refractivity contribution in [2.45, 2.75) is 0 Å². The van der Waals surface area contributed by atoms with Crippen molar-refractivity contribution < 1.29 is 0 Å². The third-order valence-corrected chi connectivity index (χ3v) is 3.22. The SMILES string of the molecule is CN(C)c1ccc2ccn3cccc3c(=O)c2c1. The van der Waals surface area contributed by atoms with Gasteiger partial charge in [0.05, 0.1) is 5.52 Å². The Morgan fingerprint density at radius 1 is 1.06 bits per heavy atom. The molecule has 2 aromatic heterocycles. The van der Waals surface area contributed by atoms with E-state index in [4.69, 9.17) is 0 Å². The van der Waals surface area contributed by atoms with Gasteiger partial charge >= 0.3 is 0 Å². The van der Waals surface area contributed by atoms with E-state index < -0.39 is 0 Å². The summed E-state index contributed by atoms with van der Waals surface area (Å²) in [6, 6.07) is 11.7. The Morgan fingerprint density at radius 3 is 2.67 bits per heavy atom. The number of fused-ring (bicyclic) bond motifs is 2. The van der Waals surface area contributed by atoms with Gasteiger partial charge in [-0.05, 0) is 35.7 Å². The largest absolute Gasteiger partial charge is 0.378 e. The van der Waals surface area contributed by atoms with Crippen LogP contribution in [-0.4, -0.2) is 18.5 Å². The Bertz CT molecular complexity index is 787. The molecule has 0 saturated heterocycles. The summed E-state index contributed by atoms with van der Waals surface area (Å²) in [5.41, 5.74) is 1.82. The molecular weight excluding hydrogens is 224 g/mol. The molecule has 0 bridgehead atoms. The molecular formula is C15H14N2O. The van der Waals surface area contributed by atoms with Gasteiger partial charge in [0.2, 0.25) is 5.43 Å². The average molecular weight is 238 g/mol. The molecule has 0 fully saturated rings. The van der Waals surface area contributed by atoms with E-state index >= 15 is 0 Å². The Balaban J connectivity index is 2.50. The predicted octanol–water partition coefficient (Wildman–Crippen LogP) is 2.52. The average Bonchev–Trinajstić information content (AvgIpc) is 2.79. The van der Waals surface area contributed by atoms with Crippen molar-refractivity contribution in [1.29, 1.82) is 0 Å². The van der Waals surface area contributed by atoms with Crippen LogP contribution in [0.15, 0.2) is 53.6 Å². The molecule has 3 aromatic rings. The number of benzene rings is 1. The van der Waals surface area contributed by atoms with Crippen LogP contribution in [0.25, 0.3) is 16.3 Å². The van der Waals surface area contributed by atoms with Crippen LogP contribution in [0.4, 0.5) is 5.69 Å². The Hall–Kier alpha value is -2.29. The molecule has 90 valence electrons. The Labute approximate surface area is 105 Å². The van der Waals surface area contributed by atoms with E-state index in [1.54, 1.807) is 0 Å². The number of rotatable bonds is 1. The fourth-order valence-corrected chi connectivity index (χ4v) is 2.18. The van der Waals surface area contributed by atoms with Gasteiger partial charge in [-0.2, -0.15) is 0 Å². The molecule has 18 heavy (non-hydrogen) atoms. The summed E-state index contributed by atoms with van der Waals surface area (Å²) < 4.78 is 1.86. The molecule has 3 rings (SSSR count). The lowest BCUT2D eigenvalue weighted by molar-refractivity contribution is 1.13. The minimum absolute atomic E-state index is 0.0729. The standard InChI is InChI=1S/C15H14N2O/c1-16(2)12-6-5-11-7-9-17-8-3-4-14(17)15(18)13(11)10-12/h3-10H,1-2H3. The zero-order chi connectivity index (χ0) is 12.7. The molecule has 2 heterocycles. The van der Waals surface area contributed by atoms with Crippen LogP contribution in [-0.2, 0) is 0 Å². The highest BCUT2D eigenvalue weighted by Crippen LogP contribution is 2.18. The Kier molecular flexibility index (Phi) is 2.33. The smallest absolute Gasteiger partial charge is 0.210 e. The minimum atomic E-state index is 0.0729. The van der Waals surface area contributed by atoms with Crippen LogP contribution >= 0.6 is 0 Å². The molecule has 1 aromatic carbocycles. The lowest BCUT2D eigenvalue weighted by Crippen LogP contribution is -2.09. The monoisotopic (exact) mass is 238 g/mol. The van der Waals surface area contributed by atoms with Crippen molar-refractivity contribution in [3.8, 4) is 0 Å². The number of aromatic nitrogens is 1. The molecule has 0 N–H and O–H groups in total. The quantitative estimate of drug-likeness (QED) is 0.650. The van der Waals surface area contributed by atoms with Gasteiger partial charge in [-0.15, -0.1) is 0 Å². The highest BCUT2D eigenvalue weighted by Gasteiger charge is 2.04. The molecule has 0 amide bonds. The zero-order valence-corrected chi connectivity index (χ0v) is 10.4. The molecule has 3 heteroatoms. The molecule has 0 unspecified atom stereocenters. The van der Waals surface area contributed by atoms with Gasteiger partial charge in [0.25, 0.3) is 0 Å². The molecule has 0 atom stereocenters. The summed E-state index contributed by atoms with van der Waals surface area (Å²) in [6.45, 7) is 0. The third-order valence-electron chi connectivity index (χ3n) is 3.22. The van der Waals surface area contributed by atoms with Gasteiger partial charge in [0.15, 0.2) is 0 Å². The first-order valence-electron chi connectivity index (χ1n) is 5.88. The summed E-state index contributed by atoms with van der Waals surface area (Å²) in [5, 5.41) is 1.73. The second kappa shape index (κ2) is 3.88. The number of nitrogens with zero attached hydrogens (tertiary/aromatic N) is 2. The normalized spacial score (nSPS) is 11.0. The molecule has 0 spiro atoms. The van der Waals surface area contributed by atoms with Crippen molar-refractivity contribution in [2.75, 3.05) is 19.0 Å². The van der Waals surface area contributed by atoms with Gasteiger partial charge in [0, 0.05) is 37.6 Å². The van der Waals surface area contributed by atoms with E-state index in [0.717, 1.165) is 16.5 Å². The Morgan fingerprint density at radius 2 is 1.89 bits per heavy atom. The first-order valence-corrected chi connectivity index (χ1v) is 5.88. The number of anilines is 1. The molecule has 0 aliphatic rings. The van der Waals surface area contributed by atoms with Gasteiger partial charge in [0.1, 0.15) is 0 Å². The highest BCUT2D eigenvalue weighted by atomic mass is 16.1. The number of hydrogen-bond donors (Lipinski definition) is 0. The molecule has 0 aliphatic heterocycles. The summed E-state index contributed by atoms with van der Waals surface area (Å²) in [7, 11) is 3.95. The second-order valence-electron chi connectivity index (χ2n) is 4.61. The van der Waals surface area contributed by atoms with E-state index in [-0.39, 0.29) is 5.43 Å². The lowest BCUT2D eigenvalue weighted by Gasteiger charge is -2.11. The molecule has 3 nitrogen and oxygen atoms in total. The van der Waals surface area contributed by atoms with Crippen molar-refractivity contribution in [1.82, 2.24) is 4.40 Å².